The predicted octanol–water partition coefficient (Wildman–Crippen LogP) is 5.37. The van der Waals surface area contributed by atoms with Gasteiger partial charge in [0.1, 0.15) is 0 Å². The molecule has 3 aromatic rings. The normalized spacial score (nSPS) is 12.2. The van der Waals surface area contributed by atoms with E-state index in [0.717, 1.165) is 9.37 Å². The molecule has 0 radical (unpaired) electrons. The van der Waals surface area contributed by atoms with Gasteiger partial charge in [-0.15, -0.1) is 11.8 Å². The second kappa shape index (κ2) is 9.47. The van der Waals surface area contributed by atoms with Gasteiger partial charge >= 0.3 is 0 Å². The number of carbonyl (C=O) groups is 1. The molecule has 0 spiro atoms. The van der Waals surface area contributed by atoms with E-state index in [1.54, 1.807) is 36.4 Å². The fourth-order valence-electron chi connectivity index (χ4n) is 2.45. The topological polar surface area (TPSA) is 75.3 Å². The molecule has 1 atom stereocenters. The van der Waals surface area contributed by atoms with Gasteiger partial charge in [0, 0.05) is 20.7 Å². The molecule has 0 aliphatic rings. The summed E-state index contributed by atoms with van der Waals surface area (Å²) >= 11 is 4.84. The third-order valence-corrected chi connectivity index (χ3v) is 6.99. The summed E-state index contributed by atoms with van der Waals surface area (Å²) in [6.07, 6.45) is 0. The van der Waals surface area contributed by atoms with Crippen molar-refractivity contribution in [3.8, 4) is 0 Å². The molecule has 0 saturated heterocycles. The highest BCUT2D eigenvalue weighted by Gasteiger charge is 2.17. The molecular weight excluding hydrogens is 472 g/mol. The highest BCUT2D eigenvalue weighted by Crippen LogP contribution is 2.26. The number of nitrogens with one attached hydrogen (secondary N) is 2. The number of benzene rings is 3. The van der Waals surface area contributed by atoms with Gasteiger partial charge in [0.25, 0.3) is 10.0 Å². The van der Waals surface area contributed by atoms with Crippen LogP contribution in [0.4, 0.5) is 11.4 Å². The Bertz CT molecular complexity index is 1070. The van der Waals surface area contributed by atoms with Gasteiger partial charge in [0.2, 0.25) is 5.91 Å². The smallest absolute Gasteiger partial charge is 0.261 e. The highest BCUT2D eigenvalue weighted by atomic mass is 79.9. The molecule has 29 heavy (non-hydrogen) atoms. The molecule has 1 unspecified atom stereocenters. The number of hydrogen-bond acceptors (Lipinski definition) is 4. The quantitative estimate of drug-likeness (QED) is 0.436. The number of carbonyl (C=O) groups excluding carboxylic acids is 1. The number of thioether (sulfide) groups is 1. The monoisotopic (exact) mass is 490 g/mol. The molecule has 0 saturated carbocycles. The second-order valence-electron chi connectivity index (χ2n) is 6.20. The van der Waals surface area contributed by atoms with Gasteiger partial charge < -0.3 is 5.32 Å². The average molecular weight is 491 g/mol. The van der Waals surface area contributed by atoms with E-state index in [0.29, 0.717) is 11.4 Å². The van der Waals surface area contributed by atoms with Crippen LogP contribution in [0.1, 0.15) is 6.92 Å². The molecule has 8 heteroatoms. The standard InChI is InChI=1S/C21H19BrN2O3S2/c1-15(28-19-11-7-16(22)8-12-19)21(25)23-17-9-13-20(14-10-17)29(26,27)24-18-5-3-2-4-6-18/h2-15,24H,1H3,(H,23,25). The van der Waals surface area contributed by atoms with Crippen LogP contribution < -0.4 is 10.0 Å². The van der Waals surface area contributed by atoms with E-state index in [1.165, 1.54) is 23.9 Å². The van der Waals surface area contributed by atoms with Crippen molar-refractivity contribution in [3.05, 3.63) is 83.3 Å². The molecular formula is C21H19BrN2O3S2. The first-order valence-electron chi connectivity index (χ1n) is 8.74. The maximum atomic E-state index is 12.5. The van der Waals surface area contributed by atoms with Gasteiger partial charge in [0.15, 0.2) is 0 Å². The van der Waals surface area contributed by atoms with Crippen molar-refractivity contribution in [2.75, 3.05) is 10.0 Å². The van der Waals surface area contributed by atoms with Crippen molar-refractivity contribution >= 4 is 55.0 Å². The van der Waals surface area contributed by atoms with Crippen LogP contribution in [0, 0.1) is 0 Å². The zero-order chi connectivity index (χ0) is 20.9. The minimum absolute atomic E-state index is 0.122. The van der Waals surface area contributed by atoms with E-state index in [1.807, 2.05) is 37.3 Å². The number of halogens is 1. The maximum absolute atomic E-state index is 12.5. The van der Waals surface area contributed by atoms with E-state index in [2.05, 4.69) is 26.0 Å². The predicted molar refractivity (Wildman–Crippen MR) is 122 cm³/mol. The largest absolute Gasteiger partial charge is 0.325 e. The first kappa shape index (κ1) is 21.4. The molecule has 0 fully saturated rings. The zero-order valence-corrected chi connectivity index (χ0v) is 18.7. The molecule has 0 bridgehead atoms. The average Bonchev–Trinajstić information content (AvgIpc) is 2.70. The van der Waals surface area contributed by atoms with E-state index < -0.39 is 10.0 Å². The van der Waals surface area contributed by atoms with Gasteiger partial charge in [-0.3, -0.25) is 9.52 Å². The summed E-state index contributed by atoms with van der Waals surface area (Å²) in [7, 11) is -3.69. The van der Waals surface area contributed by atoms with Gasteiger partial charge in [0.05, 0.1) is 10.1 Å². The fraction of sp³-hybridized carbons (Fsp3) is 0.0952. The van der Waals surface area contributed by atoms with Crippen LogP contribution in [-0.4, -0.2) is 19.6 Å². The van der Waals surface area contributed by atoms with Crippen molar-refractivity contribution in [1.29, 1.82) is 0 Å². The molecule has 0 aliphatic heterocycles. The fourth-order valence-corrected chi connectivity index (χ4v) is 4.64. The Hall–Kier alpha value is -2.29. The van der Waals surface area contributed by atoms with Crippen molar-refractivity contribution < 1.29 is 13.2 Å². The molecule has 2 N–H and O–H groups in total. The minimum atomic E-state index is -3.69. The van der Waals surface area contributed by atoms with E-state index >= 15 is 0 Å². The first-order valence-corrected chi connectivity index (χ1v) is 11.9. The summed E-state index contributed by atoms with van der Waals surface area (Å²) in [6.45, 7) is 1.82. The number of hydrogen-bond donors (Lipinski definition) is 2. The van der Waals surface area contributed by atoms with Crippen molar-refractivity contribution in [2.24, 2.45) is 0 Å². The summed E-state index contributed by atoms with van der Waals surface area (Å²) in [6, 6.07) is 22.5. The van der Waals surface area contributed by atoms with Gasteiger partial charge in [-0.1, -0.05) is 34.1 Å². The van der Waals surface area contributed by atoms with Crippen LogP contribution in [0.2, 0.25) is 0 Å². The molecule has 0 aromatic heterocycles. The number of anilines is 2. The lowest BCUT2D eigenvalue weighted by Gasteiger charge is -2.13. The van der Waals surface area contributed by atoms with E-state index in [-0.39, 0.29) is 16.1 Å². The van der Waals surface area contributed by atoms with Crippen LogP contribution >= 0.6 is 27.7 Å². The third-order valence-electron chi connectivity index (χ3n) is 3.95. The highest BCUT2D eigenvalue weighted by molar-refractivity contribution is 9.10. The summed E-state index contributed by atoms with van der Waals surface area (Å²) in [5.74, 6) is -0.157. The molecule has 3 aromatic carbocycles. The Balaban J connectivity index is 1.62. The van der Waals surface area contributed by atoms with Crippen LogP contribution in [-0.2, 0) is 14.8 Å². The molecule has 1 amide bonds. The first-order chi connectivity index (χ1) is 13.8. The van der Waals surface area contributed by atoms with Crippen molar-refractivity contribution in [3.63, 3.8) is 0 Å². The molecule has 150 valence electrons. The summed E-state index contributed by atoms with van der Waals surface area (Å²) in [5, 5.41) is 2.51. The lowest BCUT2D eigenvalue weighted by molar-refractivity contribution is -0.115. The molecule has 3 rings (SSSR count). The Kier molecular flexibility index (Phi) is 7.00. The third kappa shape index (κ3) is 6.09. The number of rotatable bonds is 7. The lowest BCUT2D eigenvalue weighted by atomic mass is 10.3. The number of sulfonamides is 1. The molecule has 0 aliphatic carbocycles. The van der Waals surface area contributed by atoms with Gasteiger partial charge in [-0.05, 0) is 67.6 Å². The Labute approximate surface area is 183 Å². The minimum Gasteiger partial charge on any atom is -0.325 e. The lowest BCUT2D eigenvalue weighted by Crippen LogP contribution is -2.22. The van der Waals surface area contributed by atoms with Crippen LogP contribution in [0.25, 0.3) is 0 Å². The molecule has 5 nitrogen and oxygen atoms in total. The Morgan fingerprint density at radius 1 is 0.897 bits per heavy atom. The van der Waals surface area contributed by atoms with Crippen LogP contribution in [0.15, 0.2) is 93.1 Å². The van der Waals surface area contributed by atoms with E-state index in [9.17, 15) is 13.2 Å². The van der Waals surface area contributed by atoms with Crippen LogP contribution in [0.3, 0.4) is 0 Å². The van der Waals surface area contributed by atoms with Gasteiger partial charge in [-0.2, -0.15) is 0 Å². The van der Waals surface area contributed by atoms with Crippen molar-refractivity contribution in [2.45, 2.75) is 22.0 Å². The second-order valence-corrected chi connectivity index (χ2v) is 10.2. The summed E-state index contributed by atoms with van der Waals surface area (Å²) < 4.78 is 28.4. The maximum Gasteiger partial charge on any atom is 0.261 e. The van der Waals surface area contributed by atoms with Crippen LogP contribution in [0.5, 0.6) is 0 Å². The SMILES string of the molecule is CC(Sc1ccc(Br)cc1)C(=O)Nc1ccc(S(=O)(=O)Nc2ccccc2)cc1. The summed E-state index contributed by atoms with van der Waals surface area (Å²) in [4.78, 5) is 13.5. The number of amides is 1. The van der Waals surface area contributed by atoms with Gasteiger partial charge in [-0.25, -0.2) is 8.42 Å². The zero-order valence-electron chi connectivity index (χ0n) is 15.5. The Morgan fingerprint density at radius 3 is 2.14 bits per heavy atom. The van der Waals surface area contributed by atoms with E-state index in [4.69, 9.17) is 0 Å². The molecule has 0 heterocycles. The summed E-state index contributed by atoms with van der Waals surface area (Å²) in [5.41, 5.74) is 1.03. The van der Waals surface area contributed by atoms with Crippen molar-refractivity contribution in [1.82, 2.24) is 0 Å². The Morgan fingerprint density at radius 2 is 1.52 bits per heavy atom. The number of para-hydroxylation sites is 1.